The molecule has 0 radical (unpaired) electrons. The van der Waals surface area contributed by atoms with Crippen LogP contribution in [0.15, 0.2) is 182 Å². The Morgan fingerprint density at radius 2 is 0.633 bits per heavy atom. The summed E-state index contributed by atoms with van der Waals surface area (Å²) in [6, 6.07) is 53.3. The molecule has 0 bridgehead atoms. The Bertz CT molecular complexity index is 1720. The maximum Gasteiger partial charge on any atom is 0.230 e. The quantitative estimate of drug-likeness (QED) is 0.108. The van der Waals surface area contributed by atoms with Crippen LogP contribution in [0.2, 0.25) is 0 Å². The van der Waals surface area contributed by atoms with E-state index in [0.29, 0.717) is 33.4 Å². The minimum atomic E-state index is -1.68. The number of nitrogens with one attached hydrogen (secondary N) is 2. The van der Waals surface area contributed by atoms with E-state index in [1.165, 1.54) is 0 Å². The maximum absolute atomic E-state index is 13.9. The first-order valence-corrected chi connectivity index (χ1v) is 16.3. The number of hydrogen-bond donors (Lipinski definition) is 4. The van der Waals surface area contributed by atoms with Gasteiger partial charge in [-0.1, -0.05) is 182 Å². The van der Waals surface area contributed by atoms with Gasteiger partial charge < -0.3 is 20.8 Å². The van der Waals surface area contributed by atoms with Crippen molar-refractivity contribution in [2.24, 2.45) is 0 Å². The van der Waals surface area contributed by atoms with Crippen molar-refractivity contribution in [3.05, 3.63) is 215 Å². The maximum atomic E-state index is 13.9. The van der Waals surface area contributed by atoms with Crippen LogP contribution in [0.25, 0.3) is 0 Å². The fraction of sp³-hybridized carbons (Fsp3) is 0.116. The summed E-state index contributed by atoms with van der Waals surface area (Å²) in [6.45, 7) is 0. The summed E-state index contributed by atoms with van der Waals surface area (Å²) in [5, 5.41) is 31.3. The molecule has 244 valence electrons. The van der Waals surface area contributed by atoms with Crippen LogP contribution in [-0.2, 0) is 20.8 Å². The van der Waals surface area contributed by atoms with Gasteiger partial charge in [0.05, 0.1) is 12.1 Å². The second-order valence-electron chi connectivity index (χ2n) is 12.0. The molecule has 6 aromatic carbocycles. The van der Waals surface area contributed by atoms with E-state index in [4.69, 9.17) is 0 Å². The number of carbonyl (C=O) groups is 2. The molecule has 0 aliphatic carbocycles. The van der Waals surface area contributed by atoms with Crippen LogP contribution in [0.4, 0.5) is 0 Å². The molecule has 2 amide bonds. The first-order valence-electron chi connectivity index (χ1n) is 16.3. The number of carbonyl (C=O) groups excluding carboxylic acids is 2. The SMILES string of the molecule is O=C(CC(=O)NC(c1ccccc1)C(O)(c1ccccc1)c1ccccc1)NC(c1ccccc1)C(O)(c1ccccc1)c1ccccc1. The van der Waals surface area contributed by atoms with E-state index >= 15 is 0 Å². The molecule has 0 aromatic heterocycles. The molecular formula is C43H38N2O4. The highest BCUT2D eigenvalue weighted by Crippen LogP contribution is 2.42. The predicted molar refractivity (Wildman–Crippen MR) is 191 cm³/mol. The Balaban J connectivity index is 1.34. The summed E-state index contributed by atoms with van der Waals surface area (Å²) in [5.41, 5.74) is 0.304. The minimum Gasteiger partial charge on any atom is -0.378 e. The van der Waals surface area contributed by atoms with E-state index in [9.17, 15) is 19.8 Å². The summed E-state index contributed by atoms with van der Waals surface area (Å²) < 4.78 is 0. The third kappa shape index (κ3) is 7.06. The number of aliphatic hydroxyl groups is 2. The van der Waals surface area contributed by atoms with Gasteiger partial charge in [0.2, 0.25) is 11.8 Å². The van der Waals surface area contributed by atoms with Crippen molar-refractivity contribution in [3.63, 3.8) is 0 Å². The fourth-order valence-corrected chi connectivity index (χ4v) is 6.49. The lowest BCUT2D eigenvalue weighted by molar-refractivity contribution is -0.132. The monoisotopic (exact) mass is 646 g/mol. The van der Waals surface area contributed by atoms with Crippen LogP contribution in [0.1, 0.15) is 51.9 Å². The Kier molecular flexibility index (Phi) is 10.1. The summed E-state index contributed by atoms with van der Waals surface area (Å²) in [6.07, 6.45) is -0.550. The molecule has 6 aromatic rings. The molecule has 4 N–H and O–H groups in total. The van der Waals surface area contributed by atoms with Gasteiger partial charge in [-0.15, -0.1) is 0 Å². The van der Waals surface area contributed by atoms with Gasteiger partial charge in [-0.05, 0) is 33.4 Å². The van der Waals surface area contributed by atoms with Gasteiger partial charge in [0.25, 0.3) is 0 Å². The van der Waals surface area contributed by atoms with Crippen molar-refractivity contribution in [3.8, 4) is 0 Å². The van der Waals surface area contributed by atoms with Gasteiger partial charge in [0.15, 0.2) is 0 Å². The molecule has 0 fully saturated rings. The van der Waals surface area contributed by atoms with Gasteiger partial charge in [0.1, 0.15) is 17.6 Å². The predicted octanol–water partition coefficient (Wildman–Crippen LogP) is 6.96. The van der Waals surface area contributed by atoms with Crippen LogP contribution in [-0.4, -0.2) is 22.0 Å². The van der Waals surface area contributed by atoms with E-state index in [2.05, 4.69) is 10.6 Å². The molecule has 6 heteroatoms. The lowest BCUT2D eigenvalue weighted by atomic mass is 9.77. The molecule has 0 spiro atoms. The average molecular weight is 647 g/mol. The van der Waals surface area contributed by atoms with Crippen molar-refractivity contribution in [2.45, 2.75) is 29.7 Å². The lowest BCUT2D eigenvalue weighted by Crippen LogP contribution is -2.48. The van der Waals surface area contributed by atoms with Gasteiger partial charge >= 0.3 is 0 Å². The summed E-state index contributed by atoms with van der Waals surface area (Å²) >= 11 is 0. The Morgan fingerprint density at radius 1 is 0.408 bits per heavy atom. The van der Waals surface area contributed by atoms with Crippen molar-refractivity contribution in [1.29, 1.82) is 0 Å². The van der Waals surface area contributed by atoms with E-state index in [-0.39, 0.29) is 0 Å². The Labute approximate surface area is 286 Å². The third-order valence-corrected chi connectivity index (χ3v) is 8.89. The normalized spacial score (nSPS) is 12.8. The average Bonchev–Trinajstić information content (AvgIpc) is 3.17. The molecule has 0 aliphatic heterocycles. The summed E-state index contributed by atoms with van der Waals surface area (Å²) in [7, 11) is 0. The van der Waals surface area contributed by atoms with Gasteiger partial charge in [0, 0.05) is 0 Å². The van der Waals surface area contributed by atoms with E-state index < -0.39 is 41.5 Å². The van der Waals surface area contributed by atoms with Crippen LogP contribution in [0, 0.1) is 0 Å². The number of benzene rings is 6. The van der Waals surface area contributed by atoms with Crippen molar-refractivity contribution >= 4 is 11.8 Å². The topological polar surface area (TPSA) is 98.7 Å². The van der Waals surface area contributed by atoms with E-state index in [0.717, 1.165) is 0 Å². The van der Waals surface area contributed by atoms with Gasteiger partial charge in [-0.25, -0.2) is 0 Å². The lowest BCUT2D eigenvalue weighted by Gasteiger charge is -2.39. The highest BCUT2D eigenvalue weighted by molar-refractivity contribution is 5.97. The Hall–Kier alpha value is -5.82. The van der Waals surface area contributed by atoms with Crippen LogP contribution < -0.4 is 10.6 Å². The number of hydrogen-bond acceptors (Lipinski definition) is 4. The first-order chi connectivity index (χ1) is 23.9. The first kappa shape index (κ1) is 33.1. The molecule has 0 saturated heterocycles. The highest BCUT2D eigenvalue weighted by atomic mass is 16.3. The molecule has 0 saturated carbocycles. The molecule has 6 nitrogen and oxygen atoms in total. The smallest absolute Gasteiger partial charge is 0.230 e. The van der Waals surface area contributed by atoms with E-state index in [1.54, 1.807) is 0 Å². The van der Waals surface area contributed by atoms with E-state index in [1.807, 2.05) is 182 Å². The standard InChI is InChI=1S/C43H38N2O4/c46-38(44-40(32-19-7-1-8-20-32)42(48,34-23-11-3-12-24-34)35-25-13-4-14-26-35)31-39(47)45-41(33-21-9-2-10-22-33)43(49,36-27-15-5-16-28-36)37-29-17-6-18-30-37/h1-30,40-41,48-49H,31H2,(H,44,46)(H,45,47). The molecule has 0 heterocycles. The summed E-state index contributed by atoms with van der Waals surface area (Å²) in [5.74, 6) is -1.18. The fourth-order valence-electron chi connectivity index (χ4n) is 6.49. The van der Waals surface area contributed by atoms with Crippen LogP contribution in [0.3, 0.4) is 0 Å². The highest BCUT2D eigenvalue weighted by Gasteiger charge is 2.44. The largest absolute Gasteiger partial charge is 0.378 e. The molecule has 0 aliphatic rings. The molecule has 49 heavy (non-hydrogen) atoms. The number of rotatable bonds is 12. The zero-order chi connectivity index (χ0) is 34.1. The molecule has 2 atom stereocenters. The van der Waals surface area contributed by atoms with Crippen molar-refractivity contribution < 1.29 is 19.8 Å². The van der Waals surface area contributed by atoms with Gasteiger partial charge in [-0.3, -0.25) is 9.59 Å². The summed E-state index contributed by atoms with van der Waals surface area (Å²) in [4.78, 5) is 27.8. The van der Waals surface area contributed by atoms with Crippen molar-refractivity contribution in [1.82, 2.24) is 10.6 Å². The second kappa shape index (κ2) is 14.9. The molecule has 2 unspecified atom stereocenters. The second-order valence-corrected chi connectivity index (χ2v) is 12.0. The zero-order valence-electron chi connectivity index (χ0n) is 26.9. The molecular weight excluding hydrogens is 608 g/mol. The third-order valence-electron chi connectivity index (χ3n) is 8.89. The Morgan fingerprint density at radius 3 is 0.878 bits per heavy atom. The minimum absolute atomic E-state index is 0.550. The van der Waals surface area contributed by atoms with Crippen LogP contribution in [0.5, 0.6) is 0 Å². The van der Waals surface area contributed by atoms with Gasteiger partial charge in [-0.2, -0.15) is 0 Å². The number of amides is 2. The van der Waals surface area contributed by atoms with Crippen LogP contribution >= 0.6 is 0 Å². The van der Waals surface area contributed by atoms with Crippen molar-refractivity contribution in [2.75, 3.05) is 0 Å². The zero-order valence-corrected chi connectivity index (χ0v) is 26.9. The molecule has 6 rings (SSSR count).